The minimum Gasteiger partial charge on any atom is -0.371 e. The second-order valence-corrected chi connectivity index (χ2v) is 8.38. The highest BCUT2D eigenvalue weighted by Crippen LogP contribution is 2.25. The van der Waals surface area contributed by atoms with E-state index in [1.807, 2.05) is 0 Å². The first-order valence-corrected chi connectivity index (χ1v) is 10.8. The van der Waals surface area contributed by atoms with E-state index in [9.17, 15) is 23.3 Å². The third-order valence-electron chi connectivity index (χ3n) is 4.09. The Labute approximate surface area is 183 Å². The van der Waals surface area contributed by atoms with Crippen molar-refractivity contribution in [3.63, 3.8) is 0 Å². The Morgan fingerprint density at radius 1 is 0.968 bits per heavy atom. The Balaban J connectivity index is 1.68. The molecular formula is C20H17ClN4O5S. The molecule has 0 bridgehead atoms. The van der Waals surface area contributed by atoms with Crippen molar-refractivity contribution in [2.45, 2.75) is 4.90 Å². The number of halogens is 1. The fourth-order valence-electron chi connectivity index (χ4n) is 2.65. The average molecular weight is 461 g/mol. The van der Waals surface area contributed by atoms with Crippen LogP contribution in [0.3, 0.4) is 0 Å². The van der Waals surface area contributed by atoms with Gasteiger partial charge in [0.05, 0.1) is 27.1 Å². The van der Waals surface area contributed by atoms with Gasteiger partial charge in [-0.3, -0.25) is 19.6 Å². The van der Waals surface area contributed by atoms with Gasteiger partial charge in [-0.15, -0.1) is 0 Å². The predicted molar refractivity (Wildman–Crippen MR) is 119 cm³/mol. The van der Waals surface area contributed by atoms with Crippen molar-refractivity contribution >= 4 is 50.3 Å². The molecule has 0 aliphatic carbocycles. The second-order valence-electron chi connectivity index (χ2n) is 6.29. The van der Waals surface area contributed by atoms with Crippen molar-refractivity contribution < 1.29 is 18.1 Å². The van der Waals surface area contributed by atoms with Crippen molar-refractivity contribution in [2.75, 3.05) is 21.9 Å². The number of rotatable bonds is 8. The van der Waals surface area contributed by atoms with Gasteiger partial charge in [0, 0.05) is 11.8 Å². The zero-order valence-corrected chi connectivity index (χ0v) is 17.5. The van der Waals surface area contributed by atoms with E-state index in [0.29, 0.717) is 0 Å². The Kier molecular flexibility index (Phi) is 6.73. The van der Waals surface area contributed by atoms with E-state index in [-0.39, 0.29) is 39.2 Å². The summed E-state index contributed by atoms with van der Waals surface area (Å²) >= 11 is 6.00. The molecule has 9 nitrogen and oxygen atoms in total. The Morgan fingerprint density at radius 3 is 2.35 bits per heavy atom. The summed E-state index contributed by atoms with van der Waals surface area (Å²) in [7, 11) is -3.94. The molecule has 1 amide bonds. The molecule has 3 aromatic rings. The first-order valence-electron chi connectivity index (χ1n) is 8.91. The van der Waals surface area contributed by atoms with Gasteiger partial charge in [0.2, 0.25) is 5.91 Å². The predicted octanol–water partition coefficient (Wildman–Crippen LogP) is 4.10. The van der Waals surface area contributed by atoms with E-state index in [2.05, 4.69) is 15.4 Å². The highest BCUT2D eigenvalue weighted by molar-refractivity contribution is 7.92. The highest BCUT2D eigenvalue weighted by Gasteiger charge is 2.17. The number of nitrogens with zero attached hydrogens (tertiary/aromatic N) is 1. The van der Waals surface area contributed by atoms with Gasteiger partial charge in [0.25, 0.3) is 15.7 Å². The number of hydrogen-bond donors (Lipinski definition) is 3. The van der Waals surface area contributed by atoms with Gasteiger partial charge in [0.1, 0.15) is 5.69 Å². The normalized spacial score (nSPS) is 10.9. The van der Waals surface area contributed by atoms with E-state index in [4.69, 9.17) is 11.6 Å². The number of nitro groups is 1. The van der Waals surface area contributed by atoms with Crippen LogP contribution in [0.25, 0.3) is 0 Å². The van der Waals surface area contributed by atoms with Crippen LogP contribution in [0, 0.1) is 10.1 Å². The first-order chi connectivity index (χ1) is 14.8. The molecule has 0 unspecified atom stereocenters. The minimum absolute atomic E-state index is 0.0723. The number of para-hydroxylation sites is 3. The average Bonchev–Trinajstić information content (AvgIpc) is 2.74. The maximum Gasteiger partial charge on any atom is 0.292 e. The van der Waals surface area contributed by atoms with Gasteiger partial charge in [-0.2, -0.15) is 0 Å². The number of benzene rings is 3. The number of anilines is 3. The van der Waals surface area contributed by atoms with Crippen LogP contribution in [-0.4, -0.2) is 25.8 Å². The molecule has 0 fully saturated rings. The number of nitro benzene ring substituents is 1. The summed E-state index contributed by atoms with van der Waals surface area (Å²) in [4.78, 5) is 22.6. The number of sulfonamides is 1. The quantitative estimate of drug-likeness (QED) is 0.342. The van der Waals surface area contributed by atoms with E-state index in [1.165, 1.54) is 48.5 Å². The molecule has 3 N–H and O–H groups in total. The van der Waals surface area contributed by atoms with Crippen LogP contribution in [0.5, 0.6) is 0 Å². The maximum atomic E-state index is 12.6. The number of nitrogens with one attached hydrogen (secondary N) is 3. The van der Waals surface area contributed by atoms with Gasteiger partial charge in [-0.25, -0.2) is 8.42 Å². The summed E-state index contributed by atoms with van der Waals surface area (Å²) in [5, 5.41) is 16.5. The zero-order valence-electron chi connectivity index (χ0n) is 15.9. The standard InChI is InChI=1S/C20H17ClN4O5S/c21-16-8-1-2-9-17(16)24-31(29,30)15-7-5-6-14(12-15)23-20(26)13-22-18-10-3-4-11-19(18)25(27)28/h1-12,22,24H,13H2,(H,23,26). The van der Waals surface area contributed by atoms with Gasteiger partial charge in [-0.05, 0) is 36.4 Å². The summed E-state index contributed by atoms with van der Waals surface area (Å²) < 4.78 is 27.7. The number of carbonyl (C=O) groups is 1. The van der Waals surface area contributed by atoms with Gasteiger partial charge in [0.15, 0.2) is 0 Å². The number of hydrogen-bond acceptors (Lipinski definition) is 6. The minimum atomic E-state index is -3.94. The Bertz CT molecular complexity index is 1230. The second kappa shape index (κ2) is 9.45. The molecule has 11 heteroatoms. The Morgan fingerprint density at radius 2 is 1.65 bits per heavy atom. The summed E-state index contributed by atoms with van der Waals surface area (Å²) in [6.45, 7) is -0.250. The van der Waals surface area contributed by atoms with Crippen LogP contribution in [0.15, 0.2) is 77.7 Å². The summed E-state index contributed by atoms with van der Waals surface area (Å²) in [5.41, 5.74) is 0.514. The van der Waals surface area contributed by atoms with Crippen molar-refractivity contribution in [2.24, 2.45) is 0 Å². The van der Waals surface area contributed by atoms with Crippen LogP contribution >= 0.6 is 11.6 Å². The molecule has 0 aliphatic heterocycles. The molecule has 160 valence electrons. The summed E-state index contributed by atoms with van der Waals surface area (Å²) in [6.07, 6.45) is 0. The van der Waals surface area contributed by atoms with Crippen LogP contribution in [0.2, 0.25) is 5.02 Å². The lowest BCUT2D eigenvalue weighted by molar-refractivity contribution is -0.383. The maximum absolute atomic E-state index is 12.6. The van der Waals surface area contributed by atoms with E-state index in [1.54, 1.807) is 24.3 Å². The lowest BCUT2D eigenvalue weighted by atomic mass is 10.2. The van der Waals surface area contributed by atoms with Crippen LogP contribution < -0.4 is 15.4 Å². The molecule has 0 atom stereocenters. The lowest BCUT2D eigenvalue weighted by Gasteiger charge is -2.12. The van der Waals surface area contributed by atoms with Crippen LogP contribution in [0.4, 0.5) is 22.7 Å². The molecule has 0 heterocycles. The molecule has 3 rings (SSSR count). The Hall–Kier alpha value is -3.63. The zero-order chi connectivity index (χ0) is 22.4. The van der Waals surface area contributed by atoms with Crippen LogP contribution in [-0.2, 0) is 14.8 Å². The SMILES string of the molecule is O=C(CNc1ccccc1[N+](=O)[O-])Nc1cccc(S(=O)(=O)Nc2ccccc2Cl)c1. The summed E-state index contributed by atoms with van der Waals surface area (Å²) in [6, 6.07) is 18.0. The fourth-order valence-corrected chi connectivity index (χ4v) is 4.02. The van der Waals surface area contributed by atoms with Gasteiger partial charge in [-0.1, -0.05) is 41.9 Å². The largest absolute Gasteiger partial charge is 0.371 e. The molecule has 0 aliphatic rings. The highest BCUT2D eigenvalue weighted by atomic mass is 35.5. The smallest absolute Gasteiger partial charge is 0.292 e. The third kappa shape index (κ3) is 5.71. The van der Waals surface area contributed by atoms with Crippen molar-refractivity contribution in [3.05, 3.63) is 87.9 Å². The molecule has 0 radical (unpaired) electrons. The van der Waals surface area contributed by atoms with E-state index >= 15 is 0 Å². The number of amides is 1. The monoisotopic (exact) mass is 460 g/mol. The van der Waals surface area contributed by atoms with Gasteiger partial charge < -0.3 is 10.6 Å². The molecular weight excluding hydrogens is 444 g/mol. The fraction of sp³-hybridized carbons (Fsp3) is 0.0500. The molecule has 0 saturated carbocycles. The molecule has 0 spiro atoms. The molecule has 31 heavy (non-hydrogen) atoms. The first kappa shape index (κ1) is 22.1. The van der Waals surface area contributed by atoms with Crippen molar-refractivity contribution in [1.29, 1.82) is 0 Å². The topological polar surface area (TPSA) is 130 Å². The molecule has 0 aromatic heterocycles. The molecule has 0 saturated heterocycles. The van der Waals surface area contributed by atoms with Crippen molar-refractivity contribution in [1.82, 2.24) is 0 Å². The van der Waals surface area contributed by atoms with Crippen LogP contribution in [0.1, 0.15) is 0 Å². The number of carbonyl (C=O) groups excluding carboxylic acids is 1. The van der Waals surface area contributed by atoms with E-state index < -0.39 is 20.9 Å². The third-order valence-corrected chi connectivity index (χ3v) is 5.78. The van der Waals surface area contributed by atoms with Gasteiger partial charge >= 0.3 is 0 Å². The van der Waals surface area contributed by atoms with Crippen molar-refractivity contribution in [3.8, 4) is 0 Å². The van der Waals surface area contributed by atoms with E-state index in [0.717, 1.165) is 0 Å². The summed E-state index contributed by atoms with van der Waals surface area (Å²) in [5.74, 6) is -0.508. The molecule has 3 aromatic carbocycles. The lowest BCUT2D eigenvalue weighted by Crippen LogP contribution is -2.22.